The van der Waals surface area contributed by atoms with Crippen molar-refractivity contribution in [3.05, 3.63) is 64.7 Å². The van der Waals surface area contributed by atoms with Gasteiger partial charge in [-0.2, -0.15) is 0 Å². The summed E-state index contributed by atoms with van der Waals surface area (Å²) in [6, 6.07) is 13.1. The van der Waals surface area contributed by atoms with Crippen LogP contribution in [-0.2, 0) is 14.4 Å². The Labute approximate surface area is 226 Å². The minimum atomic E-state index is -0.864. The molecule has 1 spiro atoms. The van der Waals surface area contributed by atoms with Crippen molar-refractivity contribution in [3.63, 3.8) is 0 Å². The van der Waals surface area contributed by atoms with E-state index in [9.17, 15) is 19.5 Å². The zero-order valence-corrected chi connectivity index (χ0v) is 22.5. The maximum atomic E-state index is 14.3. The second-order valence-corrected chi connectivity index (χ2v) is 12.1. The van der Waals surface area contributed by atoms with Crippen LogP contribution in [0.1, 0.15) is 43.4 Å². The van der Waals surface area contributed by atoms with Gasteiger partial charge in [-0.1, -0.05) is 61.0 Å². The van der Waals surface area contributed by atoms with Crippen molar-refractivity contribution in [1.29, 1.82) is 0 Å². The van der Waals surface area contributed by atoms with Crippen molar-refractivity contribution in [1.82, 2.24) is 10.2 Å². The number of rotatable bonds is 8. The SMILES string of the molecule is CCCNC(=O)[C@@H]1[C@@H]2CCC3(S2)C(C(=O)Nc2c(C)cccc2Cl)N([C@H](CO)c2ccccc2)C(=O)[C@H]13. The van der Waals surface area contributed by atoms with E-state index in [1.807, 2.05) is 56.3 Å². The summed E-state index contributed by atoms with van der Waals surface area (Å²) in [5.41, 5.74) is 2.07. The molecule has 3 amide bonds. The molecule has 3 N–H and O–H groups in total. The Morgan fingerprint density at radius 1 is 1.19 bits per heavy atom. The largest absolute Gasteiger partial charge is 0.394 e. The number of thioether (sulfide) groups is 1. The van der Waals surface area contributed by atoms with Gasteiger partial charge in [0.15, 0.2) is 0 Å². The standard InChI is InChI=1S/C28H32ClN3O4S/c1-3-14-30-25(34)21-20-12-13-28(37-20)22(21)27(36)32(19(15-33)17-9-5-4-6-10-17)24(28)26(35)31-23-16(2)8-7-11-18(23)29/h4-11,19-22,24,33H,3,12-15H2,1-2H3,(H,30,34)(H,31,35)/t19-,20+,21-,22+,24?,28?/m1/s1. The van der Waals surface area contributed by atoms with Crippen molar-refractivity contribution < 1.29 is 19.5 Å². The second-order valence-electron chi connectivity index (χ2n) is 10.1. The lowest BCUT2D eigenvalue weighted by Crippen LogP contribution is -2.52. The maximum Gasteiger partial charge on any atom is 0.248 e. The van der Waals surface area contributed by atoms with E-state index >= 15 is 0 Å². The summed E-state index contributed by atoms with van der Waals surface area (Å²) in [5.74, 6) is -1.85. The molecule has 5 rings (SSSR count). The smallest absolute Gasteiger partial charge is 0.248 e. The fraction of sp³-hybridized carbons (Fsp3) is 0.464. The third-order valence-electron chi connectivity index (χ3n) is 8.00. The minimum Gasteiger partial charge on any atom is -0.394 e. The average Bonchev–Trinajstić information content (AvgIpc) is 3.54. The number of likely N-dealkylation sites (tertiary alicyclic amines) is 1. The molecule has 196 valence electrons. The number of aryl methyl sites for hydroxylation is 1. The molecular weight excluding hydrogens is 510 g/mol. The van der Waals surface area contributed by atoms with Crippen molar-refractivity contribution in [2.75, 3.05) is 18.5 Å². The summed E-state index contributed by atoms with van der Waals surface area (Å²) in [7, 11) is 0. The fourth-order valence-corrected chi connectivity index (χ4v) is 8.88. The molecule has 3 heterocycles. The molecule has 2 bridgehead atoms. The predicted molar refractivity (Wildman–Crippen MR) is 145 cm³/mol. The molecule has 7 nitrogen and oxygen atoms in total. The molecule has 3 aliphatic heterocycles. The maximum absolute atomic E-state index is 14.3. The van der Waals surface area contributed by atoms with E-state index in [0.29, 0.717) is 23.7 Å². The van der Waals surface area contributed by atoms with Crippen LogP contribution in [0.25, 0.3) is 0 Å². The van der Waals surface area contributed by atoms with Gasteiger partial charge in [-0.25, -0.2) is 0 Å². The van der Waals surface area contributed by atoms with E-state index in [2.05, 4.69) is 10.6 Å². The summed E-state index contributed by atoms with van der Waals surface area (Å²) in [6.45, 7) is 4.06. The van der Waals surface area contributed by atoms with Crippen LogP contribution >= 0.6 is 23.4 Å². The molecule has 6 atom stereocenters. The van der Waals surface area contributed by atoms with Crippen LogP contribution < -0.4 is 10.6 Å². The summed E-state index contributed by atoms with van der Waals surface area (Å²) in [4.78, 5) is 43.2. The van der Waals surface area contributed by atoms with E-state index < -0.39 is 28.7 Å². The lowest BCUT2D eigenvalue weighted by Gasteiger charge is -2.37. The molecule has 3 aliphatic rings. The van der Waals surface area contributed by atoms with Crippen LogP contribution in [0.5, 0.6) is 0 Å². The molecule has 0 aliphatic carbocycles. The summed E-state index contributed by atoms with van der Waals surface area (Å²) in [6.07, 6.45) is 2.21. The van der Waals surface area contributed by atoms with Gasteiger partial charge in [-0.3, -0.25) is 14.4 Å². The Balaban J connectivity index is 1.59. The third-order valence-corrected chi connectivity index (χ3v) is 10.3. The third kappa shape index (κ3) is 4.23. The summed E-state index contributed by atoms with van der Waals surface area (Å²) >= 11 is 8.05. The summed E-state index contributed by atoms with van der Waals surface area (Å²) in [5, 5.41) is 16.9. The van der Waals surface area contributed by atoms with Crippen LogP contribution in [0, 0.1) is 18.8 Å². The van der Waals surface area contributed by atoms with Crippen LogP contribution in [0.4, 0.5) is 5.69 Å². The van der Waals surface area contributed by atoms with Crippen LogP contribution in [-0.4, -0.2) is 56.9 Å². The van der Waals surface area contributed by atoms with Gasteiger partial charge in [0.1, 0.15) is 6.04 Å². The number of aliphatic hydroxyl groups is 1. The normalized spacial score (nSPS) is 28.8. The Bertz CT molecular complexity index is 1190. The lowest BCUT2D eigenvalue weighted by atomic mass is 9.70. The first-order valence-corrected chi connectivity index (χ1v) is 14.1. The highest BCUT2D eigenvalue weighted by Gasteiger charge is 2.74. The molecule has 9 heteroatoms. The van der Waals surface area contributed by atoms with Gasteiger partial charge in [0.25, 0.3) is 0 Å². The summed E-state index contributed by atoms with van der Waals surface area (Å²) < 4.78 is -0.753. The van der Waals surface area contributed by atoms with Gasteiger partial charge < -0.3 is 20.6 Å². The molecular formula is C28H32ClN3O4S. The number of nitrogens with one attached hydrogen (secondary N) is 2. The molecule has 2 unspecified atom stereocenters. The molecule has 0 aromatic heterocycles. The van der Waals surface area contributed by atoms with Gasteiger partial charge in [0.05, 0.1) is 39.9 Å². The highest BCUT2D eigenvalue weighted by Crippen LogP contribution is 2.67. The number of carbonyl (C=O) groups excluding carboxylic acids is 3. The van der Waals surface area contributed by atoms with Gasteiger partial charge in [-0.05, 0) is 43.4 Å². The highest BCUT2D eigenvalue weighted by molar-refractivity contribution is 8.02. The van der Waals surface area contributed by atoms with E-state index in [1.54, 1.807) is 22.7 Å². The van der Waals surface area contributed by atoms with Crippen molar-refractivity contribution >= 4 is 46.8 Å². The first-order chi connectivity index (χ1) is 17.8. The molecule has 0 saturated carbocycles. The Kier molecular flexibility index (Phi) is 7.27. The van der Waals surface area contributed by atoms with Crippen molar-refractivity contribution in [2.24, 2.45) is 11.8 Å². The number of aliphatic hydroxyl groups excluding tert-OH is 1. The van der Waals surface area contributed by atoms with Crippen LogP contribution in [0.2, 0.25) is 5.02 Å². The molecule has 37 heavy (non-hydrogen) atoms. The number of halogens is 1. The van der Waals surface area contributed by atoms with Crippen LogP contribution in [0.3, 0.4) is 0 Å². The monoisotopic (exact) mass is 541 g/mol. The van der Waals surface area contributed by atoms with Crippen molar-refractivity contribution in [3.8, 4) is 0 Å². The lowest BCUT2D eigenvalue weighted by molar-refractivity contribution is -0.142. The van der Waals surface area contributed by atoms with E-state index in [4.69, 9.17) is 11.6 Å². The molecule has 2 aromatic carbocycles. The number of amides is 3. The van der Waals surface area contributed by atoms with Gasteiger partial charge in [-0.15, -0.1) is 11.8 Å². The van der Waals surface area contributed by atoms with Crippen molar-refractivity contribution in [2.45, 2.75) is 55.2 Å². The van der Waals surface area contributed by atoms with Gasteiger partial charge >= 0.3 is 0 Å². The molecule has 3 fully saturated rings. The number of hydrogen-bond acceptors (Lipinski definition) is 5. The first kappa shape index (κ1) is 26.1. The molecule has 0 radical (unpaired) electrons. The zero-order valence-electron chi connectivity index (χ0n) is 20.9. The Morgan fingerprint density at radius 2 is 1.95 bits per heavy atom. The minimum absolute atomic E-state index is 0.0189. The average molecular weight is 542 g/mol. The predicted octanol–water partition coefficient (Wildman–Crippen LogP) is 3.94. The van der Waals surface area contributed by atoms with Gasteiger partial charge in [0, 0.05) is 11.8 Å². The number of nitrogens with zero attached hydrogens (tertiary/aromatic N) is 1. The van der Waals surface area contributed by atoms with Crippen LogP contribution in [0.15, 0.2) is 48.5 Å². The molecule has 2 aromatic rings. The number of carbonyl (C=O) groups is 3. The quantitative estimate of drug-likeness (QED) is 0.470. The molecule has 3 saturated heterocycles. The van der Waals surface area contributed by atoms with E-state index in [0.717, 1.165) is 24.0 Å². The topological polar surface area (TPSA) is 98.7 Å². The van der Waals surface area contributed by atoms with E-state index in [-0.39, 0.29) is 29.6 Å². The number of benzene rings is 2. The number of hydrogen-bond donors (Lipinski definition) is 3. The van der Waals surface area contributed by atoms with E-state index in [1.165, 1.54) is 0 Å². The number of para-hydroxylation sites is 1. The highest BCUT2D eigenvalue weighted by atomic mass is 35.5. The number of fused-ring (bicyclic) bond motifs is 1. The first-order valence-electron chi connectivity index (χ1n) is 12.8. The van der Waals surface area contributed by atoms with Gasteiger partial charge in [0.2, 0.25) is 17.7 Å². The zero-order chi connectivity index (χ0) is 26.3. The Hall–Kier alpha value is -2.55. The second kappa shape index (κ2) is 10.3. The number of anilines is 1. The Morgan fingerprint density at radius 3 is 2.62 bits per heavy atom. The fourth-order valence-electron chi connectivity index (χ4n) is 6.40.